The van der Waals surface area contributed by atoms with E-state index in [1.807, 2.05) is 18.2 Å². The Kier molecular flexibility index (Phi) is 8.85. The fourth-order valence-corrected chi connectivity index (χ4v) is 1.36. The maximum absolute atomic E-state index is 10.3. The Balaban J connectivity index is 0.000000390. The summed E-state index contributed by atoms with van der Waals surface area (Å²) in [6.07, 6.45) is 1.74. The molecule has 21 heavy (non-hydrogen) atoms. The van der Waals surface area contributed by atoms with Gasteiger partial charge in [0.15, 0.2) is 0 Å². The molecule has 1 aromatic carbocycles. The van der Waals surface area contributed by atoms with E-state index in [-0.39, 0.29) is 32.2 Å². The van der Waals surface area contributed by atoms with Crippen LogP contribution in [0.3, 0.4) is 0 Å². The average Bonchev–Trinajstić information content (AvgIpc) is 2.48. The number of carboxylic acids is 2. The Morgan fingerprint density at radius 3 is 1.71 bits per heavy atom. The summed E-state index contributed by atoms with van der Waals surface area (Å²) in [6, 6.07) is 10.8. The molecule has 0 unspecified atom stereocenters. The van der Waals surface area contributed by atoms with Crippen LogP contribution < -0.4 is 15.9 Å². The van der Waals surface area contributed by atoms with Gasteiger partial charge in [-0.25, -0.2) is 0 Å². The third-order valence-electron chi connectivity index (χ3n) is 2.30. The molecule has 2 rings (SSSR count). The minimum Gasteiger partial charge on any atom is -0.545 e. The summed E-state index contributed by atoms with van der Waals surface area (Å²) in [5.41, 5.74) is 5.50. The van der Waals surface area contributed by atoms with Crippen LogP contribution in [0.5, 0.6) is 0 Å². The molecule has 0 spiro atoms. The number of rotatable bonds is 3. The number of aromatic nitrogens is 1. The zero-order chi connectivity index (χ0) is 15.0. The van der Waals surface area contributed by atoms with Crippen molar-refractivity contribution in [2.24, 2.45) is 5.73 Å². The van der Waals surface area contributed by atoms with Gasteiger partial charge in [0.2, 0.25) is 0 Å². The minimum absolute atomic E-state index is 0. The molecule has 0 atom stereocenters. The Morgan fingerprint density at radius 2 is 1.43 bits per heavy atom. The van der Waals surface area contributed by atoms with Gasteiger partial charge in [-0.2, -0.15) is 0 Å². The van der Waals surface area contributed by atoms with Gasteiger partial charge < -0.3 is 25.5 Å². The second kappa shape index (κ2) is 9.80. The van der Waals surface area contributed by atoms with Crippen molar-refractivity contribution >= 4 is 11.9 Å². The Labute approximate surface area is 135 Å². The number of hydrogen-bond acceptors (Lipinski definition) is 6. The van der Waals surface area contributed by atoms with Gasteiger partial charge >= 0.3 is 21.1 Å². The SMILES string of the molecule is NCc1ccccn1.O=C([O-])c1ccccc1C(=O)[O-].[Pt+2]. The average molecular weight is 467 g/mol. The van der Waals surface area contributed by atoms with Crippen molar-refractivity contribution in [3.05, 3.63) is 65.5 Å². The fourth-order valence-electron chi connectivity index (χ4n) is 1.36. The molecule has 0 aliphatic carbocycles. The molecule has 0 aliphatic rings. The summed E-state index contributed by atoms with van der Waals surface area (Å²) in [7, 11) is 0. The Morgan fingerprint density at radius 1 is 0.952 bits per heavy atom. The summed E-state index contributed by atoms with van der Waals surface area (Å²) in [6.45, 7) is 0.529. The van der Waals surface area contributed by atoms with Crippen LogP contribution in [0.15, 0.2) is 48.7 Å². The van der Waals surface area contributed by atoms with Crippen LogP contribution in [0.4, 0.5) is 0 Å². The zero-order valence-corrected chi connectivity index (χ0v) is 13.1. The Hall–Kier alpha value is -2.04. The van der Waals surface area contributed by atoms with E-state index in [1.54, 1.807) is 6.20 Å². The molecule has 0 saturated heterocycles. The topological polar surface area (TPSA) is 119 Å². The van der Waals surface area contributed by atoms with Gasteiger partial charge in [-0.05, 0) is 12.1 Å². The van der Waals surface area contributed by atoms with E-state index < -0.39 is 11.9 Å². The molecule has 2 N–H and O–H groups in total. The van der Waals surface area contributed by atoms with Crippen LogP contribution in [-0.4, -0.2) is 16.9 Å². The smallest absolute Gasteiger partial charge is 0.545 e. The fraction of sp³-hybridized carbons (Fsp3) is 0.0714. The molecular weight excluding hydrogens is 455 g/mol. The quantitative estimate of drug-likeness (QED) is 0.616. The first-order valence-corrected chi connectivity index (χ1v) is 5.68. The number of carbonyl (C=O) groups excluding carboxylic acids is 2. The normalized spacial score (nSPS) is 8.81. The van der Waals surface area contributed by atoms with Crippen molar-refractivity contribution in [1.29, 1.82) is 0 Å². The number of hydrogen-bond donors (Lipinski definition) is 1. The largest absolute Gasteiger partial charge is 2.00 e. The molecule has 0 radical (unpaired) electrons. The molecule has 0 amide bonds. The predicted octanol–water partition coefficient (Wildman–Crippen LogP) is -1.05. The van der Waals surface area contributed by atoms with Crippen molar-refractivity contribution in [2.45, 2.75) is 6.54 Å². The number of pyridine rings is 1. The summed E-state index contributed by atoms with van der Waals surface area (Å²) in [4.78, 5) is 24.6. The van der Waals surface area contributed by atoms with E-state index in [1.165, 1.54) is 12.1 Å². The summed E-state index contributed by atoms with van der Waals surface area (Å²) >= 11 is 0. The van der Waals surface area contributed by atoms with Crippen molar-refractivity contribution in [1.82, 2.24) is 4.98 Å². The first kappa shape index (κ1) is 19.0. The molecule has 0 aliphatic heterocycles. The number of carbonyl (C=O) groups is 2. The van der Waals surface area contributed by atoms with E-state index >= 15 is 0 Å². The molecule has 1 heterocycles. The monoisotopic (exact) mass is 467 g/mol. The zero-order valence-electron chi connectivity index (χ0n) is 10.8. The molecule has 0 bridgehead atoms. The van der Waals surface area contributed by atoms with Gasteiger partial charge in [0, 0.05) is 23.9 Å². The molecule has 7 heteroatoms. The number of aromatic carboxylic acids is 2. The van der Waals surface area contributed by atoms with E-state index in [4.69, 9.17) is 5.73 Å². The Bertz CT molecular complexity index is 558. The van der Waals surface area contributed by atoms with Crippen molar-refractivity contribution in [3.8, 4) is 0 Å². The van der Waals surface area contributed by atoms with Crippen LogP contribution in [0.2, 0.25) is 0 Å². The van der Waals surface area contributed by atoms with E-state index in [9.17, 15) is 19.8 Å². The standard InChI is InChI=1S/C8H6O4.C6H8N2.Pt/c9-7(10)5-3-1-2-4-6(5)8(11)12;7-5-6-3-1-2-4-8-6;/h1-4H,(H,9,10)(H,11,12);1-4H,5,7H2;/q;;+2/p-2. The van der Waals surface area contributed by atoms with Gasteiger partial charge in [0.1, 0.15) is 0 Å². The van der Waals surface area contributed by atoms with Crippen molar-refractivity contribution < 1.29 is 40.9 Å². The van der Waals surface area contributed by atoms with Crippen LogP contribution >= 0.6 is 0 Å². The summed E-state index contributed by atoms with van der Waals surface area (Å²) in [5.74, 6) is -3.04. The number of nitrogens with two attached hydrogens (primary N) is 1. The number of carboxylic acid groups (broad SMARTS) is 2. The third kappa shape index (κ3) is 6.29. The van der Waals surface area contributed by atoms with Gasteiger partial charge in [-0.3, -0.25) is 4.98 Å². The molecule has 112 valence electrons. The van der Waals surface area contributed by atoms with Crippen LogP contribution in [-0.2, 0) is 27.6 Å². The second-order valence-corrected chi connectivity index (χ2v) is 3.65. The number of benzene rings is 1. The maximum atomic E-state index is 10.3. The van der Waals surface area contributed by atoms with E-state index in [0.29, 0.717) is 6.54 Å². The van der Waals surface area contributed by atoms with Gasteiger partial charge in [-0.1, -0.05) is 30.3 Å². The van der Waals surface area contributed by atoms with Gasteiger partial charge in [0.05, 0.1) is 17.6 Å². The van der Waals surface area contributed by atoms with Gasteiger partial charge in [0.25, 0.3) is 0 Å². The first-order chi connectivity index (χ1) is 9.56. The maximum Gasteiger partial charge on any atom is 2.00 e. The molecule has 0 fully saturated rings. The van der Waals surface area contributed by atoms with Crippen molar-refractivity contribution in [2.75, 3.05) is 0 Å². The van der Waals surface area contributed by atoms with E-state index in [0.717, 1.165) is 17.8 Å². The molecule has 1 aromatic heterocycles. The van der Waals surface area contributed by atoms with Gasteiger partial charge in [-0.15, -0.1) is 0 Å². The minimum atomic E-state index is -1.52. The predicted molar refractivity (Wildman–Crippen MR) is 67.2 cm³/mol. The second-order valence-electron chi connectivity index (χ2n) is 3.65. The molecule has 0 saturated carbocycles. The third-order valence-corrected chi connectivity index (χ3v) is 2.30. The molecular formula is C14H12N2O4Pt. The van der Waals surface area contributed by atoms with Crippen LogP contribution in [0.25, 0.3) is 0 Å². The molecule has 2 aromatic rings. The van der Waals surface area contributed by atoms with Crippen molar-refractivity contribution in [3.63, 3.8) is 0 Å². The van der Waals surface area contributed by atoms with Crippen LogP contribution in [0, 0.1) is 0 Å². The van der Waals surface area contributed by atoms with Crippen LogP contribution in [0.1, 0.15) is 26.4 Å². The summed E-state index contributed by atoms with van der Waals surface area (Å²) in [5, 5.41) is 20.6. The summed E-state index contributed by atoms with van der Waals surface area (Å²) < 4.78 is 0. The van der Waals surface area contributed by atoms with E-state index in [2.05, 4.69) is 4.98 Å². The first-order valence-electron chi connectivity index (χ1n) is 5.68. The molecule has 6 nitrogen and oxygen atoms in total. The number of nitrogens with zero attached hydrogens (tertiary/aromatic N) is 1.